The van der Waals surface area contributed by atoms with Crippen molar-refractivity contribution in [2.24, 2.45) is 0 Å². The molecule has 0 radical (unpaired) electrons. The molecule has 0 aliphatic heterocycles. The number of hydrogen-bond acceptors (Lipinski definition) is 3. The molecule has 16 heavy (non-hydrogen) atoms. The molecule has 78 valence electrons. The lowest BCUT2D eigenvalue weighted by atomic mass is 10.1. The second kappa shape index (κ2) is 4.65. The van der Waals surface area contributed by atoms with Gasteiger partial charge >= 0.3 is 0 Å². The summed E-state index contributed by atoms with van der Waals surface area (Å²) >= 11 is 6.12. The topological polar surface area (TPSA) is 49.8 Å². The molecular weight excluding hydrogens is 224 g/mol. The van der Waals surface area contributed by atoms with Gasteiger partial charge < -0.3 is 4.42 Å². The molecule has 2 rings (SSSR count). The predicted octanol–water partition coefficient (Wildman–Crippen LogP) is 3.31. The molecule has 0 aliphatic carbocycles. The third-order valence-corrected chi connectivity index (χ3v) is 2.48. The molecule has 0 aromatic carbocycles. The van der Waals surface area contributed by atoms with Gasteiger partial charge in [0, 0.05) is 18.0 Å². The van der Waals surface area contributed by atoms with Gasteiger partial charge in [0.15, 0.2) is 0 Å². The van der Waals surface area contributed by atoms with Gasteiger partial charge in [-0.25, -0.2) is 0 Å². The number of pyridine rings is 1. The second-order valence-electron chi connectivity index (χ2n) is 3.05. The van der Waals surface area contributed by atoms with Crippen molar-refractivity contribution in [3.63, 3.8) is 0 Å². The van der Waals surface area contributed by atoms with Crippen LogP contribution in [0, 0.1) is 11.3 Å². The molecule has 2 heterocycles. The van der Waals surface area contributed by atoms with Gasteiger partial charge in [0.2, 0.25) is 0 Å². The van der Waals surface area contributed by atoms with Crippen molar-refractivity contribution in [3.05, 3.63) is 54.2 Å². The zero-order chi connectivity index (χ0) is 11.4. The van der Waals surface area contributed by atoms with Crippen LogP contribution in [0.15, 0.2) is 47.5 Å². The highest BCUT2D eigenvalue weighted by atomic mass is 35.5. The van der Waals surface area contributed by atoms with Gasteiger partial charge in [-0.05, 0) is 23.8 Å². The van der Waals surface area contributed by atoms with Crippen LogP contribution < -0.4 is 0 Å². The molecule has 0 unspecified atom stereocenters. The molecule has 2 aromatic heterocycles. The molecule has 0 bridgehead atoms. The molecule has 3 nitrogen and oxygen atoms in total. The maximum atomic E-state index is 9.11. The maximum Gasteiger partial charge on any atom is 0.101 e. The van der Waals surface area contributed by atoms with E-state index in [0.717, 1.165) is 5.56 Å². The number of hydrogen-bond donors (Lipinski definition) is 0. The number of halogens is 1. The van der Waals surface area contributed by atoms with E-state index >= 15 is 0 Å². The largest absolute Gasteiger partial charge is 0.472 e. The van der Waals surface area contributed by atoms with Crippen molar-refractivity contribution in [1.82, 2.24) is 4.98 Å². The summed E-state index contributed by atoms with van der Waals surface area (Å²) in [6.45, 7) is 0. The van der Waals surface area contributed by atoms with Crippen molar-refractivity contribution < 1.29 is 4.42 Å². The van der Waals surface area contributed by atoms with Crippen LogP contribution in [0.5, 0.6) is 0 Å². The van der Waals surface area contributed by atoms with Crippen LogP contribution in [0.1, 0.15) is 11.1 Å². The lowest BCUT2D eigenvalue weighted by Crippen LogP contribution is -1.85. The molecule has 0 saturated heterocycles. The highest BCUT2D eigenvalue weighted by Crippen LogP contribution is 2.28. The predicted molar refractivity (Wildman–Crippen MR) is 61.2 cm³/mol. The van der Waals surface area contributed by atoms with Crippen LogP contribution in [0.25, 0.3) is 10.6 Å². The Kier molecular flexibility index (Phi) is 3.04. The minimum atomic E-state index is 0.377. The molecule has 0 atom stereocenters. The van der Waals surface area contributed by atoms with Gasteiger partial charge in [0.1, 0.15) is 6.07 Å². The maximum absolute atomic E-state index is 9.11. The Morgan fingerprint density at radius 1 is 1.25 bits per heavy atom. The third-order valence-electron chi connectivity index (χ3n) is 2.07. The number of nitrogens with zero attached hydrogens (tertiary/aromatic N) is 2. The van der Waals surface area contributed by atoms with Crippen molar-refractivity contribution >= 4 is 22.2 Å². The van der Waals surface area contributed by atoms with Crippen LogP contribution in [0.3, 0.4) is 0 Å². The molecule has 0 aliphatic rings. The van der Waals surface area contributed by atoms with Crippen LogP contribution in [0.2, 0.25) is 0 Å². The first-order valence-corrected chi connectivity index (χ1v) is 4.93. The van der Waals surface area contributed by atoms with Crippen molar-refractivity contribution in [1.29, 1.82) is 5.26 Å². The normalized spacial score (nSPS) is 11.8. The van der Waals surface area contributed by atoms with E-state index in [1.807, 2.05) is 0 Å². The second-order valence-corrected chi connectivity index (χ2v) is 3.43. The number of furan rings is 1. The fourth-order valence-corrected chi connectivity index (χ4v) is 1.55. The number of allylic oxidation sites excluding steroid dienone is 1. The minimum Gasteiger partial charge on any atom is -0.472 e. The number of aromatic nitrogens is 1. The quantitative estimate of drug-likeness (QED) is 0.744. The van der Waals surface area contributed by atoms with E-state index in [4.69, 9.17) is 21.3 Å². The highest BCUT2D eigenvalue weighted by Gasteiger charge is 2.09. The van der Waals surface area contributed by atoms with Gasteiger partial charge in [0.05, 0.1) is 23.1 Å². The summed E-state index contributed by atoms with van der Waals surface area (Å²) in [5, 5.41) is 9.48. The van der Waals surface area contributed by atoms with Crippen molar-refractivity contribution in [3.8, 4) is 6.07 Å². The fourth-order valence-electron chi connectivity index (χ4n) is 1.29. The molecule has 2 aromatic rings. The van der Waals surface area contributed by atoms with E-state index in [2.05, 4.69) is 11.1 Å². The summed E-state index contributed by atoms with van der Waals surface area (Å²) in [6.07, 6.45) is 6.25. The van der Waals surface area contributed by atoms with E-state index in [1.165, 1.54) is 12.5 Å². The van der Waals surface area contributed by atoms with Crippen molar-refractivity contribution in [2.75, 3.05) is 0 Å². The summed E-state index contributed by atoms with van der Waals surface area (Å²) in [6, 6.07) is 7.27. The summed E-state index contributed by atoms with van der Waals surface area (Å²) < 4.78 is 4.93. The first kappa shape index (κ1) is 10.5. The Labute approximate surface area is 97.6 Å². The molecule has 0 amide bonds. The van der Waals surface area contributed by atoms with Gasteiger partial charge in [-0.3, -0.25) is 4.98 Å². The Bertz CT molecular complexity index is 538. The monoisotopic (exact) mass is 230 g/mol. The summed E-state index contributed by atoms with van der Waals surface area (Å²) in [5.41, 5.74) is 1.84. The molecule has 0 saturated carbocycles. The smallest absolute Gasteiger partial charge is 0.101 e. The standard InChI is InChI=1S/C12H7ClN2O/c13-12(10-3-6-16-8-10)11(7-14)9-1-4-15-5-2-9/h1-6,8H/b12-11-. The van der Waals surface area contributed by atoms with Crippen LogP contribution in [0.4, 0.5) is 0 Å². The Hall–Kier alpha value is -2.05. The Morgan fingerprint density at radius 2 is 2.00 bits per heavy atom. The average molecular weight is 231 g/mol. The molecule has 0 N–H and O–H groups in total. The summed E-state index contributed by atoms with van der Waals surface area (Å²) in [7, 11) is 0. The molecule has 0 spiro atoms. The molecular formula is C12H7ClN2O. The van der Waals surface area contributed by atoms with E-state index < -0.39 is 0 Å². The molecule has 4 heteroatoms. The van der Waals surface area contributed by atoms with Crippen molar-refractivity contribution in [2.45, 2.75) is 0 Å². The van der Waals surface area contributed by atoms with Gasteiger partial charge in [0.25, 0.3) is 0 Å². The zero-order valence-corrected chi connectivity index (χ0v) is 8.98. The Balaban J connectivity index is 2.52. The van der Waals surface area contributed by atoms with Gasteiger partial charge in [-0.15, -0.1) is 0 Å². The van der Waals surface area contributed by atoms with Gasteiger partial charge in [-0.2, -0.15) is 5.26 Å². The summed E-state index contributed by atoms with van der Waals surface area (Å²) in [4.78, 5) is 3.89. The zero-order valence-electron chi connectivity index (χ0n) is 8.22. The SMILES string of the molecule is N#C/C(=C(/Cl)c1ccoc1)c1ccncc1. The van der Waals surface area contributed by atoms with Crippen LogP contribution in [-0.4, -0.2) is 4.98 Å². The minimum absolute atomic E-state index is 0.377. The average Bonchev–Trinajstić information content (AvgIpc) is 2.85. The van der Waals surface area contributed by atoms with Crippen LogP contribution >= 0.6 is 11.6 Å². The Morgan fingerprint density at radius 3 is 2.56 bits per heavy atom. The third kappa shape index (κ3) is 1.97. The first-order chi connectivity index (χ1) is 7.83. The highest BCUT2D eigenvalue weighted by molar-refractivity contribution is 6.53. The lowest BCUT2D eigenvalue weighted by molar-refractivity contribution is 0.566. The first-order valence-electron chi connectivity index (χ1n) is 4.56. The fraction of sp³-hybridized carbons (Fsp3) is 0. The van der Waals surface area contributed by atoms with Gasteiger partial charge in [-0.1, -0.05) is 11.6 Å². The van der Waals surface area contributed by atoms with E-state index in [9.17, 15) is 0 Å². The molecule has 0 fully saturated rings. The lowest BCUT2D eigenvalue weighted by Gasteiger charge is -2.00. The van der Waals surface area contributed by atoms with E-state index in [1.54, 1.807) is 30.6 Å². The summed E-state index contributed by atoms with van der Waals surface area (Å²) in [5.74, 6) is 0. The van der Waals surface area contributed by atoms with E-state index in [-0.39, 0.29) is 0 Å². The van der Waals surface area contributed by atoms with E-state index in [0.29, 0.717) is 16.2 Å². The number of nitriles is 1. The number of rotatable bonds is 2. The van der Waals surface area contributed by atoms with Crippen LogP contribution in [-0.2, 0) is 0 Å².